The summed E-state index contributed by atoms with van der Waals surface area (Å²) in [4.78, 5) is 60.8. The maximum Gasteiger partial charge on any atom is 0.220 e. The first-order chi connectivity index (χ1) is 23.7. The van der Waals surface area contributed by atoms with E-state index in [0.29, 0.717) is 73.6 Å². The van der Waals surface area contributed by atoms with Crippen LogP contribution >= 0.6 is 11.8 Å². The number of nitrogens with zero attached hydrogens (tertiary/aromatic N) is 4. The smallest absolute Gasteiger partial charge is 0.220 e. The summed E-state index contributed by atoms with van der Waals surface area (Å²) in [5.74, 6) is 1.77. The summed E-state index contributed by atoms with van der Waals surface area (Å²) >= 11 is 1.96. The van der Waals surface area contributed by atoms with Crippen molar-refractivity contribution >= 4 is 52.4 Å². The number of hydrogen-bond donors (Lipinski definition) is 7. The minimum Gasteiger partial charge on any atom is -0.388 e. The minimum atomic E-state index is -1.13. The lowest BCUT2D eigenvalue weighted by Crippen LogP contribution is -2.43. The van der Waals surface area contributed by atoms with Gasteiger partial charge < -0.3 is 41.8 Å². The molecule has 16 heteroatoms. The summed E-state index contributed by atoms with van der Waals surface area (Å²) in [6.45, 7) is 1.17. The number of thioether (sulfide) groups is 1. The van der Waals surface area contributed by atoms with Crippen LogP contribution in [0.3, 0.4) is 0 Å². The zero-order valence-electron chi connectivity index (χ0n) is 28.0. The molecular weight excluding hydrogens is 650 g/mol. The number of anilines is 1. The number of carbonyl (C=O) groups is 4. The molecule has 15 nitrogen and oxygen atoms in total. The Bertz CT molecular complexity index is 1440. The zero-order valence-corrected chi connectivity index (χ0v) is 28.8. The molecule has 2 aromatic heterocycles. The van der Waals surface area contributed by atoms with E-state index in [2.05, 4.69) is 36.2 Å². The first-order valence-corrected chi connectivity index (χ1v) is 18.8. The van der Waals surface area contributed by atoms with E-state index in [1.54, 1.807) is 4.57 Å². The number of nitrogens with two attached hydrogens (primary N) is 1. The molecule has 2 aliphatic heterocycles. The van der Waals surface area contributed by atoms with E-state index < -0.39 is 24.3 Å². The summed E-state index contributed by atoms with van der Waals surface area (Å²) < 4.78 is 1.66. The van der Waals surface area contributed by atoms with E-state index in [1.807, 2.05) is 11.8 Å². The molecule has 49 heavy (non-hydrogen) atoms. The average Bonchev–Trinajstić information content (AvgIpc) is 3.83. The van der Waals surface area contributed by atoms with Gasteiger partial charge in [-0.05, 0) is 44.9 Å². The molecule has 0 spiro atoms. The fourth-order valence-electron chi connectivity index (χ4n) is 7.19. The molecule has 1 saturated carbocycles. The summed E-state index contributed by atoms with van der Waals surface area (Å²) in [6, 6.07) is -0.787. The number of hydrogen-bond acceptors (Lipinski definition) is 11. The van der Waals surface area contributed by atoms with Crippen molar-refractivity contribution in [1.29, 1.82) is 0 Å². The summed E-state index contributed by atoms with van der Waals surface area (Å²) in [5.41, 5.74) is 6.74. The van der Waals surface area contributed by atoms with Gasteiger partial charge in [-0.15, -0.1) is 0 Å². The first-order valence-electron chi connectivity index (χ1n) is 17.7. The quantitative estimate of drug-likeness (QED) is 0.103. The highest BCUT2D eigenvalue weighted by atomic mass is 32.2. The van der Waals surface area contributed by atoms with Crippen LogP contribution in [0, 0.1) is 5.92 Å². The first kappa shape index (κ1) is 36.8. The maximum absolute atomic E-state index is 12.6. The summed E-state index contributed by atoms with van der Waals surface area (Å²) in [5, 5.41) is 33.6. The van der Waals surface area contributed by atoms with Crippen molar-refractivity contribution in [2.75, 3.05) is 24.6 Å². The number of nitrogens with one attached hydrogen (secondary N) is 4. The SMILES string of the molecule is Nc1ncnc2c1ncn2[C@@H]1C[C@H](NC(=O)CCCCCNC(=O)CCCCCNC(=O)CCCC[C@@H]2SC[C@@H]3NC(=O)C[C@@H]32)[C@@H](O)[C@H]1O. The predicted molar refractivity (Wildman–Crippen MR) is 185 cm³/mol. The fraction of sp³-hybridized carbons (Fsp3) is 0.727. The topological polar surface area (TPSA) is 226 Å². The number of fused-ring (bicyclic) bond motifs is 2. The standard InChI is InChI=1S/C33H51N9O6S/c34-32-29-33(38-18-37-32)42(19-39-29)23-16-21(30(47)31(23)48)40-27(45)12-4-2-8-14-35-25(43)10-3-1-7-13-36-26(44)11-6-5-9-24-20-15-28(46)41-22(20)17-49-24/h18-24,30-31,47-48H,1-17H2,(H,35,43)(H,36,44)(H,40,45)(H,41,46)(H2,34,37,38)/t20-,21-,22-,23+,24-,30+,31-/m0/s1. The Morgan fingerprint density at radius 3 is 2.29 bits per heavy atom. The van der Waals surface area contributed by atoms with Crippen molar-refractivity contribution in [3.8, 4) is 0 Å². The van der Waals surface area contributed by atoms with Crippen LogP contribution in [0.5, 0.6) is 0 Å². The van der Waals surface area contributed by atoms with Gasteiger partial charge in [-0.1, -0.05) is 19.3 Å². The Hall–Kier alpha value is -3.50. The van der Waals surface area contributed by atoms with Crippen LogP contribution in [-0.2, 0) is 19.2 Å². The normalized spacial score (nSPS) is 26.1. The number of imidazole rings is 1. The van der Waals surface area contributed by atoms with Gasteiger partial charge in [-0.3, -0.25) is 19.2 Å². The number of aliphatic hydroxyl groups excluding tert-OH is 2. The molecule has 5 rings (SSSR count). The van der Waals surface area contributed by atoms with Gasteiger partial charge in [0.2, 0.25) is 23.6 Å². The second-order valence-corrected chi connectivity index (χ2v) is 14.8. The van der Waals surface area contributed by atoms with Gasteiger partial charge in [0.1, 0.15) is 24.1 Å². The molecule has 0 bridgehead atoms. The van der Waals surface area contributed by atoms with Gasteiger partial charge in [-0.25, -0.2) is 15.0 Å². The molecule has 3 fully saturated rings. The highest BCUT2D eigenvalue weighted by molar-refractivity contribution is 8.00. The molecule has 270 valence electrons. The van der Waals surface area contributed by atoms with Crippen LogP contribution in [0.4, 0.5) is 5.82 Å². The Labute approximate surface area is 290 Å². The van der Waals surface area contributed by atoms with Crippen LogP contribution in [0.15, 0.2) is 12.7 Å². The Morgan fingerprint density at radius 1 is 0.898 bits per heavy atom. The highest BCUT2D eigenvalue weighted by Gasteiger charge is 2.44. The monoisotopic (exact) mass is 701 g/mol. The van der Waals surface area contributed by atoms with E-state index in [4.69, 9.17) is 5.73 Å². The van der Waals surface area contributed by atoms with Gasteiger partial charge in [0, 0.05) is 61.7 Å². The fourth-order valence-corrected chi connectivity index (χ4v) is 8.84. The second kappa shape index (κ2) is 17.9. The largest absolute Gasteiger partial charge is 0.388 e. The van der Waals surface area contributed by atoms with Crippen LogP contribution in [0.25, 0.3) is 11.2 Å². The van der Waals surface area contributed by atoms with Gasteiger partial charge >= 0.3 is 0 Å². The van der Waals surface area contributed by atoms with Crippen LogP contribution < -0.4 is 27.0 Å². The number of aromatic nitrogens is 4. The molecule has 1 aliphatic carbocycles. The summed E-state index contributed by atoms with van der Waals surface area (Å²) in [7, 11) is 0. The second-order valence-electron chi connectivity index (χ2n) is 13.5. The number of amides is 4. The molecule has 0 radical (unpaired) electrons. The molecular formula is C33H51N9O6S. The molecule has 0 unspecified atom stereocenters. The predicted octanol–water partition coefficient (Wildman–Crippen LogP) is 1.09. The Kier molecular flexibility index (Phi) is 13.5. The number of rotatable bonds is 19. The van der Waals surface area contributed by atoms with Crippen LogP contribution in [-0.4, -0.2) is 102 Å². The van der Waals surface area contributed by atoms with E-state index in [9.17, 15) is 29.4 Å². The number of carbonyl (C=O) groups excluding carboxylic acids is 4. The van der Waals surface area contributed by atoms with E-state index in [-0.39, 0.29) is 35.9 Å². The van der Waals surface area contributed by atoms with Crippen molar-refractivity contribution in [3.63, 3.8) is 0 Å². The van der Waals surface area contributed by atoms with Crippen molar-refractivity contribution in [1.82, 2.24) is 40.8 Å². The van der Waals surface area contributed by atoms with E-state index >= 15 is 0 Å². The van der Waals surface area contributed by atoms with Gasteiger partial charge in [0.15, 0.2) is 11.5 Å². The third-order valence-corrected chi connectivity index (χ3v) is 11.5. The Morgan fingerprint density at radius 2 is 1.57 bits per heavy atom. The molecule has 0 aromatic carbocycles. The zero-order chi connectivity index (χ0) is 34.8. The van der Waals surface area contributed by atoms with Crippen LogP contribution in [0.1, 0.15) is 95.9 Å². The van der Waals surface area contributed by atoms with Gasteiger partial charge in [0.05, 0.1) is 18.4 Å². The third-order valence-electron chi connectivity index (χ3n) is 9.94. The van der Waals surface area contributed by atoms with E-state index in [0.717, 1.165) is 57.1 Å². The summed E-state index contributed by atoms with van der Waals surface area (Å²) in [6.07, 6.45) is 10.4. The van der Waals surface area contributed by atoms with Crippen molar-refractivity contribution < 1.29 is 29.4 Å². The molecule has 3 aliphatic rings. The lowest BCUT2D eigenvalue weighted by molar-refractivity contribution is -0.123. The molecule has 2 saturated heterocycles. The lowest BCUT2D eigenvalue weighted by atomic mass is 9.94. The van der Waals surface area contributed by atoms with Crippen LogP contribution in [0.2, 0.25) is 0 Å². The van der Waals surface area contributed by atoms with E-state index in [1.165, 1.54) is 12.7 Å². The van der Waals surface area contributed by atoms with Gasteiger partial charge in [-0.2, -0.15) is 11.8 Å². The Balaban J connectivity index is 0.829. The van der Waals surface area contributed by atoms with Gasteiger partial charge in [0.25, 0.3) is 0 Å². The lowest BCUT2D eigenvalue weighted by Gasteiger charge is -2.18. The molecule has 2 aromatic rings. The molecule has 4 amide bonds. The van der Waals surface area contributed by atoms with Crippen molar-refractivity contribution in [2.45, 2.75) is 125 Å². The highest BCUT2D eigenvalue weighted by Crippen LogP contribution is 2.40. The number of aliphatic hydroxyl groups is 2. The molecule has 8 N–H and O–H groups in total. The maximum atomic E-state index is 12.6. The van der Waals surface area contributed by atoms with Crippen molar-refractivity contribution in [2.24, 2.45) is 5.92 Å². The minimum absolute atomic E-state index is 0.00873. The molecule has 7 atom stereocenters. The number of unbranched alkanes of at least 4 members (excludes halogenated alkanes) is 5. The average molecular weight is 702 g/mol. The number of nitrogen functional groups attached to an aromatic ring is 1. The third kappa shape index (κ3) is 10.0. The molecule has 4 heterocycles. The van der Waals surface area contributed by atoms with Crippen molar-refractivity contribution in [3.05, 3.63) is 12.7 Å².